The Balaban J connectivity index is 2.22. The number of rotatable bonds is 1. The summed E-state index contributed by atoms with van der Waals surface area (Å²) in [6, 6.07) is 4.88. The number of aromatic amines is 1. The van der Waals surface area contributed by atoms with Crippen LogP contribution in [0.4, 0.5) is 5.69 Å². The molecule has 0 bridgehead atoms. The van der Waals surface area contributed by atoms with Crippen molar-refractivity contribution in [2.75, 3.05) is 5.73 Å². The SMILES string of the molecule is Cc1cc(=O)n2[nH]c(-c3ccc(N)cn3)nc2n1. The normalized spacial score (nSPS) is 10.9. The van der Waals surface area contributed by atoms with Crippen molar-refractivity contribution in [1.29, 1.82) is 0 Å². The predicted octanol–water partition coefficient (Wildman–Crippen LogP) is 0.370. The fraction of sp³-hybridized carbons (Fsp3) is 0.0909. The summed E-state index contributed by atoms with van der Waals surface area (Å²) in [6.45, 7) is 1.75. The summed E-state index contributed by atoms with van der Waals surface area (Å²) >= 11 is 0. The van der Waals surface area contributed by atoms with Crippen LogP contribution in [-0.2, 0) is 0 Å². The minimum atomic E-state index is -0.202. The molecule has 0 aliphatic heterocycles. The van der Waals surface area contributed by atoms with Crippen LogP contribution < -0.4 is 11.3 Å². The third-order valence-corrected chi connectivity index (χ3v) is 2.49. The zero-order chi connectivity index (χ0) is 12.7. The molecule has 0 saturated heterocycles. The second-order valence-corrected chi connectivity index (χ2v) is 3.92. The van der Waals surface area contributed by atoms with E-state index in [0.29, 0.717) is 28.7 Å². The van der Waals surface area contributed by atoms with Gasteiger partial charge in [-0.25, -0.2) is 4.98 Å². The second-order valence-electron chi connectivity index (χ2n) is 3.92. The van der Waals surface area contributed by atoms with Gasteiger partial charge in [-0.15, -0.1) is 0 Å². The Hall–Kier alpha value is -2.70. The number of hydrogen-bond donors (Lipinski definition) is 2. The fourth-order valence-electron chi connectivity index (χ4n) is 1.65. The molecule has 7 nitrogen and oxygen atoms in total. The monoisotopic (exact) mass is 242 g/mol. The van der Waals surface area contributed by atoms with E-state index in [9.17, 15) is 4.79 Å². The highest BCUT2D eigenvalue weighted by atomic mass is 16.1. The highest BCUT2D eigenvalue weighted by Crippen LogP contribution is 2.13. The van der Waals surface area contributed by atoms with E-state index in [1.165, 1.54) is 16.8 Å². The van der Waals surface area contributed by atoms with Crippen molar-refractivity contribution in [3.8, 4) is 11.5 Å². The first kappa shape index (κ1) is 10.5. The number of nitrogens with two attached hydrogens (primary N) is 1. The van der Waals surface area contributed by atoms with Crippen molar-refractivity contribution in [2.45, 2.75) is 6.92 Å². The van der Waals surface area contributed by atoms with E-state index in [2.05, 4.69) is 20.1 Å². The molecular formula is C11H10N6O. The molecule has 0 spiro atoms. The maximum Gasteiger partial charge on any atom is 0.274 e. The quantitative estimate of drug-likeness (QED) is 0.641. The lowest BCUT2D eigenvalue weighted by Gasteiger charge is -1.95. The summed E-state index contributed by atoms with van der Waals surface area (Å²) in [4.78, 5) is 24.2. The second kappa shape index (κ2) is 3.66. The van der Waals surface area contributed by atoms with Gasteiger partial charge in [-0.05, 0) is 19.1 Å². The number of anilines is 1. The van der Waals surface area contributed by atoms with Crippen LogP contribution in [-0.4, -0.2) is 24.6 Å². The van der Waals surface area contributed by atoms with Gasteiger partial charge in [0.05, 0.1) is 11.9 Å². The first-order valence-electron chi connectivity index (χ1n) is 5.32. The zero-order valence-electron chi connectivity index (χ0n) is 9.58. The predicted molar refractivity (Wildman–Crippen MR) is 66.0 cm³/mol. The Morgan fingerprint density at radius 1 is 1.33 bits per heavy atom. The molecule has 3 aromatic rings. The molecule has 18 heavy (non-hydrogen) atoms. The molecule has 0 aromatic carbocycles. The molecule has 0 unspecified atom stereocenters. The van der Waals surface area contributed by atoms with Gasteiger partial charge in [-0.1, -0.05) is 0 Å². The Labute approximate surface area is 101 Å². The van der Waals surface area contributed by atoms with Crippen molar-refractivity contribution >= 4 is 11.5 Å². The molecule has 0 saturated carbocycles. The molecule has 0 aliphatic carbocycles. The van der Waals surface area contributed by atoms with Gasteiger partial charge in [0.1, 0.15) is 5.69 Å². The number of aromatic nitrogens is 5. The number of nitrogens with zero attached hydrogens (tertiary/aromatic N) is 4. The molecule has 7 heteroatoms. The van der Waals surface area contributed by atoms with Crippen LogP contribution in [0.25, 0.3) is 17.3 Å². The van der Waals surface area contributed by atoms with Gasteiger partial charge in [-0.3, -0.25) is 14.9 Å². The van der Waals surface area contributed by atoms with Crippen molar-refractivity contribution in [3.05, 3.63) is 40.4 Å². The lowest BCUT2D eigenvalue weighted by Crippen LogP contribution is -2.14. The number of fused-ring (bicyclic) bond motifs is 1. The number of hydrogen-bond acceptors (Lipinski definition) is 5. The van der Waals surface area contributed by atoms with Gasteiger partial charge >= 0.3 is 0 Å². The van der Waals surface area contributed by atoms with Crippen molar-refractivity contribution in [2.24, 2.45) is 0 Å². The third kappa shape index (κ3) is 1.61. The molecule has 0 atom stereocenters. The van der Waals surface area contributed by atoms with Crippen molar-refractivity contribution in [3.63, 3.8) is 0 Å². The lowest BCUT2D eigenvalue weighted by molar-refractivity contribution is 0.890. The van der Waals surface area contributed by atoms with E-state index in [4.69, 9.17) is 5.73 Å². The highest BCUT2D eigenvalue weighted by Gasteiger charge is 2.08. The molecule has 3 rings (SSSR count). The van der Waals surface area contributed by atoms with E-state index in [-0.39, 0.29) is 5.56 Å². The summed E-state index contributed by atoms with van der Waals surface area (Å²) in [6.07, 6.45) is 1.53. The van der Waals surface area contributed by atoms with Crippen LogP contribution in [0.3, 0.4) is 0 Å². The summed E-state index contributed by atoms with van der Waals surface area (Å²) in [5.41, 5.74) is 7.16. The number of H-pyrrole nitrogens is 1. The molecule has 0 fully saturated rings. The van der Waals surface area contributed by atoms with Crippen molar-refractivity contribution in [1.82, 2.24) is 24.6 Å². The first-order valence-corrected chi connectivity index (χ1v) is 5.32. The summed E-state index contributed by atoms with van der Waals surface area (Å²) in [5, 5.41) is 2.85. The van der Waals surface area contributed by atoms with Crippen LogP contribution in [0.2, 0.25) is 0 Å². The molecular weight excluding hydrogens is 232 g/mol. The minimum absolute atomic E-state index is 0.202. The highest BCUT2D eigenvalue weighted by molar-refractivity contribution is 5.54. The smallest absolute Gasteiger partial charge is 0.274 e. The largest absolute Gasteiger partial charge is 0.397 e. The van der Waals surface area contributed by atoms with Crippen LogP contribution in [0.15, 0.2) is 29.2 Å². The summed E-state index contributed by atoms with van der Waals surface area (Å²) in [5.74, 6) is 0.804. The van der Waals surface area contributed by atoms with Gasteiger partial charge in [0, 0.05) is 11.8 Å². The summed E-state index contributed by atoms with van der Waals surface area (Å²) in [7, 11) is 0. The maximum atomic E-state index is 11.7. The topological polar surface area (TPSA) is 102 Å². The van der Waals surface area contributed by atoms with Gasteiger partial charge in [0.15, 0.2) is 5.82 Å². The van der Waals surface area contributed by atoms with Gasteiger partial charge in [0.2, 0.25) is 0 Å². The Kier molecular flexibility index (Phi) is 2.12. The van der Waals surface area contributed by atoms with E-state index in [0.717, 1.165) is 0 Å². The van der Waals surface area contributed by atoms with E-state index >= 15 is 0 Å². The van der Waals surface area contributed by atoms with Gasteiger partial charge < -0.3 is 5.73 Å². The van der Waals surface area contributed by atoms with Crippen LogP contribution in [0, 0.1) is 6.92 Å². The molecule has 90 valence electrons. The Morgan fingerprint density at radius 2 is 2.17 bits per heavy atom. The van der Waals surface area contributed by atoms with Crippen molar-refractivity contribution < 1.29 is 0 Å². The van der Waals surface area contributed by atoms with E-state index in [1.54, 1.807) is 19.1 Å². The first-order chi connectivity index (χ1) is 8.63. The Morgan fingerprint density at radius 3 is 2.89 bits per heavy atom. The summed E-state index contributed by atoms with van der Waals surface area (Å²) < 4.78 is 1.28. The van der Waals surface area contributed by atoms with Crippen LogP contribution in [0.1, 0.15) is 5.69 Å². The molecule has 0 radical (unpaired) electrons. The number of nitrogens with one attached hydrogen (secondary N) is 1. The lowest BCUT2D eigenvalue weighted by atomic mass is 10.3. The molecule has 3 N–H and O–H groups in total. The minimum Gasteiger partial charge on any atom is -0.397 e. The van der Waals surface area contributed by atoms with E-state index in [1.807, 2.05) is 0 Å². The number of aryl methyl sites for hydroxylation is 1. The van der Waals surface area contributed by atoms with Crippen LogP contribution >= 0.6 is 0 Å². The molecule has 3 heterocycles. The maximum absolute atomic E-state index is 11.7. The molecule has 0 amide bonds. The van der Waals surface area contributed by atoms with E-state index < -0.39 is 0 Å². The standard InChI is InChI=1S/C11H10N6O/c1-6-4-9(18)17-11(14-6)15-10(16-17)8-3-2-7(12)5-13-8/h2-5H,12H2,1H3,(H,14,15,16). The number of nitrogen functional groups attached to an aromatic ring is 1. The number of pyridine rings is 1. The molecule has 3 aromatic heterocycles. The third-order valence-electron chi connectivity index (χ3n) is 2.49. The zero-order valence-corrected chi connectivity index (χ0v) is 9.58. The fourth-order valence-corrected chi connectivity index (χ4v) is 1.65. The van der Waals surface area contributed by atoms with Gasteiger partial charge in [-0.2, -0.15) is 9.50 Å². The Bertz CT molecular complexity index is 770. The average molecular weight is 242 g/mol. The average Bonchev–Trinajstić information content (AvgIpc) is 2.74. The molecule has 0 aliphatic rings. The van der Waals surface area contributed by atoms with Crippen LogP contribution in [0.5, 0.6) is 0 Å². The van der Waals surface area contributed by atoms with Gasteiger partial charge in [0.25, 0.3) is 11.3 Å².